The van der Waals surface area contributed by atoms with Crippen LogP contribution in [0.4, 0.5) is 5.69 Å². The minimum atomic E-state index is -0.0887. The van der Waals surface area contributed by atoms with Gasteiger partial charge in [-0.15, -0.1) is 0 Å². The molecular formula is C18H20ClNO3. The van der Waals surface area contributed by atoms with Gasteiger partial charge in [0, 0.05) is 18.6 Å². The van der Waals surface area contributed by atoms with E-state index in [1.807, 2.05) is 25.1 Å². The maximum Gasteiger partial charge on any atom is 0.224 e. The molecule has 0 aliphatic heterocycles. The summed E-state index contributed by atoms with van der Waals surface area (Å²) in [5.74, 6) is 0.898. The molecule has 0 aliphatic carbocycles. The molecule has 4 nitrogen and oxygen atoms in total. The Hall–Kier alpha value is -2.20. The van der Waals surface area contributed by atoms with Crippen molar-refractivity contribution in [2.75, 3.05) is 19.5 Å². The van der Waals surface area contributed by atoms with Gasteiger partial charge in [0.25, 0.3) is 0 Å². The molecule has 0 spiro atoms. The fourth-order valence-electron chi connectivity index (χ4n) is 2.30. The first-order valence-electron chi connectivity index (χ1n) is 7.30. The minimum absolute atomic E-state index is 0.0887. The van der Waals surface area contributed by atoms with Gasteiger partial charge in [-0.05, 0) is 18.9 Å². The number of ether oxygens (including phenoxy) is 2. The molecule has 0 unspecified atom stereocenters. The monoisotopic (exact) mass is 333 g/mol. The summed E-state index contributed by atoms with van der Waals surface area (Å²) in [6.45, 7) is 2.04. The van der Waals surface area contributed by atoms with Crippen LogP contribution in [0.15, 0.2) is 36.4 Å². The quantitative estimate of drug-likeness (QED) is 0.860. The van der Waals surface area contributed by atoms with Gasteiger partial charge in [-0.3, -0.25) is 4.79 Å². The van der Waals surface area contributed by atoms with Crippen molar-refractivity contribution in [3.8, 4) is 11.5 Å². The molecule has 0 saturated carbocycles. The highest BCUT2D eigenvalue weighted by Crippen LogP contribution is 2.35. The summed E-state index contributed by atoms with van der Waals surface area (Å²) >= 11 is 6.06. The number of halogens is 1. The molecular weight excluding hydrogens is 314 g/mol. The number of amides is 1. The molecule has 1 amide bonds. The Balaban J connectivity index is 2.05. The number of hydrogen-bond donors (Lipinski definition) is 1. The summed E-state index contributed by atoms with van der Waals surface area (Å²) in [4.78, 5) is 12.2. The van der Waals surface area contributed by atoms with Gasteiger partial charge in [-0.2, -0.15) is 0 Å². The van der Waals surface area contributed by atoms with E-state index in [1.54, 1.807) is 12.1 Å². The van der Waals surface area contributed by atoms with Crippen LogP contribution in [0.2, 0.25) is 5.02 Å². The van der Waals surface area contributed by atoms with Crippen molar-refractivity contribution in [1.29, 1.82) is 0 Å². The number of nitrogens with one attached hydrogen (secondary N) is 1. The molecule has 2 aromatic rings. The molecule has 122 valence electrons. The van der Waals surface area contributed by atoms with E-state index in [1.165, 1.54) is 19.8 Å². The largest absolute Gasteiger partial charge is 0.495 e. The van der Waals surface area contributed by atoms with Crippen molar-refractivity contribution < 1.29 is 14.3 Å². The van der Waals surface area contributed by atoms with Crippen LogP contribution in [-0.2, 0) is 11.2 Å². The van der Waals surface area contributed by atoms with Gasteiger partial charge in [0.15, 0.2) is 0 Å². The summed E-state index contributed by atoms with van der Waals surface area (Å²) in [7, 11) is 3.05. The molecule has 0 radical (unpaired) electrons. The van der Waals surface area contributed by atoms with Crippen LogP contribution in [0.5, 0.6) is 11.5 Å². The van der Waals surface area contributed by atoms with E-state index in [-0.39, 0.29) is 5.91 Å². The number of carbonyl (C=O) groups is 1. The smallest absolute Gasteiger partial charge is 0.224 e. The van der Waals surface area contributed by atoms with E-state index in [4.69, 9.17) is 21.1 Å². The Labute approximate surface area is 141 Å². The fraction of sp³-hybridized carbons (Fsp3) is 0.278. The van der Waals surface area contributed by atoms with E-state index in [9.17, 15) is 4.79 Å². The Kier molecular flexibility index (Phi) is 5.88. The molecule has 0 fully saturated rings. The third kappa shape index (κ3) is 4.63. The van der Waals surface area contributed by atoms with Gasteiger partial charge in [0.2, 0.25) is 5.91 Å². The molecule has 0 bridgehead atoms. The number of aryl methyl sites for hydroxylation is 2. The molecule has 23 heavy (non-hydrogen) atoms. The van der Waals surface area contributed by atoms with Crippen LogP contribution in [0.3, 0.4) is 0 Å². The van der Waals surface area contributed by atoms with E-state index in [0.29, 0.717) is 35.1 Å². The van der Waals surface area contributed by atoms with Gasteiger partial charge >= 0.3 is 0 Å². The first-order chi connectivity index (χ1) is 11.0. The van der Waals surface area contributed by atoms with Gasteiger partial charge < -0.3 is 14.8 Å². The number of carbonyl (C=O) groups excluding carboxylic acids is 1. The van der Waals surface area contributed by atoms with Crippen LogP contribution in [0.1, 0.15) is 17.5 Å². The molecule has 5 heteroatoms. The molecule has 0 atom stereocenters. The predicted octanol–water partition coefficient (Wildman–Crippen LogP) is 4.24. The second-order valence-electron chi connectivity index (χ2n) is 5.22. The Bertz CT molecular complexity index is 701. The van der Waals surface area contributed by atoms with Crippen molar-refractivity contribution in [2.45, 2.75) is 19.8 Å². The lowest BCUT2D eigenvalue weighted by molar-refractivity contribution is -0.116. The summed E-state index contributed by atoms with van der Waals surface area (Å²) in [5, 5.41) is 3.28. The topological polar surface area (TPSA) is 47.6 Å². The fourth-order valence-corrected chi connectivity index (χ4v) is 2.53. The maximum atomic E-state index is 12.2. The van der Waals surface area contributed by atoms with Crippen LogP contribution in [0.25, 0.3) is 0 Å². The molecule has 2 rings (SSSR count). The van der Waals surface area contributed by atoms with Gasteiger partial charge in [-0.25, -0.2) is 0 Å². The van der Waals surface area contributed by atoms with Crippen LogP contribution in [-0.4, -0.2) is 20.1 Å². The van der Waals surface area contributed by atoms with E-state index < -0.39 is 0 Å². The highest BCUT2D eigenvalue weighted by molar-refractivity contribution is 6.32. The van der Waals surface area contributed by atoms with E-state index in [0.717, 1.165) is 5.56 Å². The molecule has 0 heterocycles. The van der Waals surface area contributed by atoms with Crippen molar-refractivity contribution in [2.24, 2.45) is 0 Å². The summed E-state index contributed by atoms with van der Waals surface area (Å²) in [5.41, 5.74) is 2.87. The van der Waals surface area contributed by atoms with Gasteiger partial charge in [0.1, 0.15) is 11.5 Å². The highest BCUT2D eigenvalue weighted by Gasteiger charge is 2.12. The lowest BCUT2D eigenvalue weighted by Gasteiger charge is -2.13. The second-order valence-corrected chi connectivity index (χ2v) is 5.63. The van der Waals surface area contributed by atoms with Crippen LogP contribution in [0, 0.1) is 6.92 Å². The van der Waals surface area contributed by atoms with Crippen molar-refractivity contribution in [3.05, 3.63) is 52.5 Å². The van der Waals surface area contributed by atoms with Crippen molar-refractivity contribution in [3.63, 3.8) is 0 Å². The Morgan fingerprint density at radius 2 is 1.87 bits per heavy atom. The van der Waals surface area contributed by atoms with E-state index >= 15 is 0 Å². The third-order valence-electron chi connectivity index (χ3n) is 3.47. The molecule has 0 aromatic heterocycles. The number of rotatable bonds is 6. The lowest BCUT2D eigenvalue weighted by Crippen LogP contribution is -2.13. The standard InChI is InChI=1S/C18H20ClNO3/c1-12-5-4-6-13(9-12)7-8-18(21)20-15-11-16(22-2)14(19)10-17(15)23-3/h4-6,9-11H,7-8H2,1-3H3,(H,20,21). The Morgan fingerprint density at radius 1 is 1.13 bits per heavy atom. The molecule has 2 aromatic carbocycles. The van der Waals surface area contributed by atoms with Gasteiger partial charge in [0.05, 0.1) is 24.9 Å². The first kappa shape index (κ1) is 17.2. The van der Waals surface area contributed by atoms with Crippen molar-refractivity contribution in [1.82, 2.24) is 0 Å². The number of methoxy groups -OCH3 is 2. The maximum absolute atomic E-state index is 12.2. The second kappa shape index (κ2) is 7.88. The average Bonchev–Trinajstić information content (AvgIpc) is 2.54. The molecule has 0 saturated heterocycles. The van der Waals surface area contributed by atoms with Gasteiger partial charge in [-0.1, -0.05) is 41.4 Å². The number of anilines is 1. The van der Waals surface area contributed by atoms with E-state index in [2.05, 4.69) is 11.4 Å². The number of benzene rings is 2. The highest BCUT2D eigenvalue weighted by atomic mass is 35.5. The zero-order valence-electron chi connectivity index (χ0n) is 13.5. The minimum Gasteiger partial charge on any atom is -0.495 e. The van der Waals surface area contributed by atoms with Crippen LogP contribution < -0.4 is 14.8 Å². The van der Waals surface area contributed by atoms with Crippen LogP contribution >= 0.6 is 11.6 Å². The van der Waals surface area contributed by atoms with Crippen molar-refractivity contribution >= 4 is 23.2 Å². The zero-order chi connectivity index (χ0) is 16.8. The molecule has 0 aliphatic rings. The predicted molar refractivity (Wildman–Crippen MR) is 92.7 cm³/mol. The molecule has 1 N–H and O–H groups in total. The summed E-state index contributed by atoms with van der Waals surface area (Å²) < 4.78 is 10.4. The third-order valence-corrected chi connectivity index (χ3v) is 3.77. The Morgan fingerprint density at radius 3 is 2.52 bits per heavy atom. The average molecular weight is 334 g/mol. The number of hydrogen-bond acceptors (Lipinski definition) is 3. The first-order valence-corrected chi connectivity index (χ1v) is 7.68. The lowest BCUT2D eigenvalue weighted by atomic mass is 10.1. The summed E-state index contributed by atoms with van der Waals surface area (Å²) in [6.07, 6.45) is 1.07. The normalized spacial score (nSPS) is 10.3. The summed E-state index contributed by atoms with van der Waals surface area (Å²) in [6, 6.07) is 11.4. The zero-order valence-corrected chi connectivity index (χ0v) is 14.2. The SMILES string of the molecule is COc1cc(NC(=O)CCc2cccc(C)c2)c(OC)cc1Cl.